The van der Waals surface area contributed by atoms with Crippen molar-refractivity contribution in [3.05, 3.63) is 35.1 Å². The Kier molecular flexibility index (Phi) is 4.47. The van der Waals surface area contributed by atoms with Gasteiger partial charge in [-0.2, -0.15) is 0 Å². The zero-order valence-electron chi connectivity index (χ0n) is 10.1. The molecule has 0 aliphatic carbocycles. The van der Waals surface area contributed by atoms with E-state index in [-0.39, 0.29) is 11.5 Å². The van der Waals surface area contributed by atoms with Crippen molar-refractivity contribution in [2.75, 3.05) is 13.1 Å². The molecule has 0 bridgehead atoms. The summed E-state index contributed by atoms with van der Waals surface area (Å²) in [6, 6.07) is 4.82. The summed E-state index contributed by atoms with van der Waals surface area (Å²) in [7, 11) is 0. The lowest BCUT2D eigenvalue weighted by Gasteiger charge is -2.19. The Morgan fingerprint density at radius 2 is 1.88 bits per heavy atom. The molecule has 1 rings (SSSR count). The fourth-order valence-electron chi connectivity index (χ4n) is 1.63. The van der Waals surface area contributed by atoms with Gasteiger partial charge in [0.25, 0.3) is 5.91 Å². The summed E-state index contributed by atoms with van der Waals surface area (Å²) in [6.07, 6.45) is 0.774. The highest BCUT2D eigenvalue weighted by Crippen LogP contribution is 2.13. The maximum absolute atomic E-state index is 13.7. The average molecular weight is 223 g/mol. The number of halogens is 1. The zero-order chi connectivity index (χ0) is 12.1. The Balaban J connectivity index is 3.00. The summed E-state index contributed by atoms with van der Waals surface area (Å²) in [6.45, 7) is 6.94. The van der Waals surface area contributed by atoms with E-state index in [1.165, 1.54) is 6.07 Å². The van der Waals surface area contributed by atoms with Crippen LogP contribution in [0, 0.1) is 5.82 Å². The van der Waals surface area contributed by atoms with E-state index in [1.807, 2.05) is 20.8 Å². The first kappa shape index (κ1) is 12.7. The Labute approximate surface area is 96.1 Å². The Morgan fingerprint density at radius 3 is 2.31 bits per heavy atom. The van der Waals surface area contributed by atoms with Gasteiger partial charge in [-0.25, -0.2) is 4.39 Å². The molecule has 0 saturated heterocycles. The van der Waals surface area contributed by atoms with Crippen molar-refractivity contribution in [2.24, 2.45) is 0 Å². The maximum atomic E-state index is 13.7. The lowest BCUT2D eigenvalue weighted by Crippen LogP contribution is -2.31. The summed E-state index contributed by atoms with van der Waals surface area (Å²) in [4.78, 5) is 13.5. The number of hydrogen-bond acceptors (Lipinski definition) is 1. The summed E-state index contributed by atoms with van der Waals surface area (Å²) in [5.41, 5.74) is 1.08. The molecule has 0 radical (unpaired) electrons. The summed E-state index contributed by atoms with van der Waals surface area (Å²) in [5, 5.41) is 0. The molecular weight excluding hydrogens is 205 g/mol. The highest BCUT2D eigenvalue weighted by Gasteiger charge is 2.16. The van der Waals surface area contributed by atoms with Gasteiger partial charge >= 0.3 is 0 Å². The minimum absolute atomic E-state index is 0.168. The molecule has 0 unspecified atom stereocenters. The second-order valence-electron chi connectivity index (χ2n) is 3.65. The number of carbonyl (C=O) groups excluding carboxylic acids is 1. The number of rotatable bonds is 4. The number of nitrogens with zero attached hydrogens (tertiary/aromatic N) is 1. The van der Waals surface area contributed by atoms with E-state index in [0.717, 1.165) is 12.0 Å². The average Bonchev–Trinajstić information content (AvgIpc) is 2.30. The first-order valence-electron chi connectivity index (χ1n) is 5.71. The monoisotopic (exact) mass is 223 g/mol. The van der Waals surface area contributed by atoms with Crippen LogP contribution < -0.4 is 0 Å². The van der Waals surface area contributed by atoms with Gasteiger partial charge in [-0.3, -0.25) is 4.79 Å². The van der Waals surface area contributed by atoms with Crippen molar-refractivity contribution < 1.29 is 9.18 Å². The van der Waals surface area contributed by atoms with E-state index < -0.39 is 5.82 Å². The van der Waals surface area contributed by atoms with Gasteiger partial charge < -0.3 is 4.90 Å². The summed E-state index contributed by atoms with van der Waals surface area (Å²) < 4.78 is 13.7. The number of hydrogen-bond donors (Lipinski definition) is 0. The van der Waals surface area contributed by atoms with Gasteiger partial charge in [-0.05, 0) is 38.0 Å². The molecule has 0 aliphatic heterocycles. The van der Waals surface area contributed by atoms with Crippen LogP contribution in [0.5, 0.6) is 0 Å². The van der Waals surface area contributed by atoms with E-state index in [9.17, 15) is 9.18 Å². The molecule has 0 fully saturated rings. The molecule has 1 amide bonds. The third kappa shape index (κ3) is 2.60. The SMILES string of the molecule is CCc1ccc(C(=O)N(CC)CC)c(F)c1. The third-order valence-electron chi connectivity index (χ3n) is 2.72. The van der Waals surface area contributed by atoms with E-state index in [0.29, 0.717) is 13.1 Å². The van der Waals surface area contributed by atoms with Crippen molar-refractivity contribution in [1.82, 2.24) is 4.90 Å². The molecule has 0 saturated carbocycles. The number of amides is 1. The van der Waals surface area contributed by atoms with Crippen molar-refractivity contribution >= 4 is 5.91 Å². The van der Waals surface area contributed by atoms with Gasteiger partial charge in [0.15, 0.2) is 0 Å². The van der Waals surface area contributed by atoms with E-state index in [1.54, 1.807) is 17.0 Å². The molecule has 16 heavy (non-hydrogen) atoms. The van der Waals surface area contributed by atoms with Crippen LogP contribution >= 0.6 is 0 Å². The Bertz CT molecular complexity index is 372. The van der Waals surface area contributed by atoms with Gasteiger partial charge in [-0.15, -0.1) is 0 Å². The fourth-order valence-corrected chi connectivity index (χ4v) is 1.63. The molecule has 1 aromatic carbocycles. The smallest absolute Gasteiger partial charge is 0.256 e. The highest BCUT2D eigenvalue weighted by molar-refractivity contribution is 5.94. The van der Waals surface area contributed by atoms with Crippen LogP contribution in [-0.2, 0) is 6.42 Å². The molecule has 0 N–H and O–H groups in total. The van der Waals surface area contributed by atoms with Crippen LogP contribution in [0.3, 0.4) is 0 Å². The first-order chi connectivity index (χ1) is 7.63. The van der Waals surface area contributed by atoms with Crippen molar-refractivity contribution in [3.63, 3.8) is 0 Å². The summed E-state index contributed by atoms with van der Waals surface area (Å²) >= 11 is 0. The second-order valence-corrected chi connectivity index (χ2v) is 3.65. The molecule has 1 aromatic rings. The molecular formula is C13H18FNO. The quantitative estimate of drug-likeness (QED) is 0.768. The molecule has 3 heteroatoms. The second kappa shape index (κ2) is 5.64. The van der Waals surface area contributed by atoms with Gasteiger partial charge in [0, 0.05) is 13.1 Å². The van der Waals surface area contributed by atoms with Gasteiger partial charge in [-0.1, -0.05) is 13.0 Å². The Hall–Kier alpha value is -1.38. The van der Waals surface area contributed by atoms with Crippen LogP contribution in [0.1, 0.15) is 36.7 Å². The van der Waals surface area contributed by atoms with E-state index >= 15 is 0 Å². The number of benzene rings is 1. The van der Waals surface area contributed by atoms with Crippen LogP contribution in [0.15, 0.2) is 18.2 Å². The van der Waals surface area contributed by atoms with Crippen LogP contribution in [-0.4, -0.2) is 23.9 Å². The third-order valence-corrected chi connectivity index (χ3v) is 2.72. The predicted molar refractivity (Wildman–Crippen MR) is 63.0 cm³/mol. The van der Waals surface area contributed by atoms with E-state index in [2.05, 4.69) is 0 Å². The standard InChI is InChI=1S/C13H18FNO/c1-4-10-7-8-11(12(14)9-10)13(16)15(5-2)6-3/h7-9H,4-6H2,1-3H3. The van der Waals surface area contributed by atoms with Crippen LogP contribution in [0.4, 0.5) is 4.39 Å². The van der Waals surface area contributed by atoms with Gasteiger partial charge in [0.1, 0.15) is 5.82 Å². The lowest BCUT2D eigenvalue weighted by molar-refractivity contribution is 0.0768. The predicted octanol–water partition coefficient (Wildman–Crippen LogP) is 2.87. The van der Waals surface area contributed by atoms with Crippen LogP contribution in [0.25, 0.3) is 0 Å². The number of carbonyl (C=O) groups is 1. The minimum atomic E-state index is -0.420. The normalized spacial score (nSPS) is 10.2. The first-order valence-corrected chi connectivity index (χ1v) is 5.71. The Morgan fingerprint density at radius 1 is 1.25 bits per heavy atom. The molecule has 0 atom stereocenters. The highest BCUT2D eigenvalue weighted by atomic mass is 19.1. The lowest BCUT2D eigenvalue weighted by atomic mass is 10.1. The molecule has 2 nitrogen and oxygen atoms in total. The van der Waals surface area contributed by atoms with Gasteiger partial charge in [0.2, 0.25) is 0 Å². The molecule has 0 spiro atoms. The zero-order valence-corrected chi connectivity index (χ0v) is 10.1. The number of aryl methyl sites for hydroxylation is 1. The van der Waals surface area contributed by atoms with Crippen molar-refractivity contribution in [3.8, 4) is 0 Å². The topological polar surface area (TPSA) is 20.3 Å². The van der Waals surface area contributed by atoms with Crippen LogP contribution in [0.2, 0.25) is 0 Å². The molecule has 0 aliphatic rings. The van der Waals surface area contributed by atoms with Gasteiger partial charge in [0.05, 0.1) is 5.56 Å². The maximum Gasteiger partial charge on any atom is 0.256 e. The van der Waals surface area contributed by atoms with E-state index in [4.69, 9.17) is 0 Å². The molecule has 0 heterocycles. The molecule has 0 aromatic heterocycles. The van der Waals surface area contributed by atoms with Crippen molar-refractivity contribution in [2.45, 2.75) is 27.2 Å². The minimum Gasteiger partial charge on any atom is -0.339 e. The molecule has 88 valence electrons. The largest absolute Gasteiger partial charge is 0.339 e. The summed E-state index contributed by atoms with van der Waals surface area (Å²) in [5.74, 6) is -0.651. The van der Waals surface area contributed by atoms with Crippen molar-refractivity contribution in [1.29, 1.82) is 0 Å². The fraction of sp³-hybridized carbons (Fsp3) is 0.462.